The monoisotopic (exact) mass is 192 g/mol. The summed E-state index contributed by atoms with van der Waals surface area (Å²) in [6.07, 6.45) is 1.23. The maximum atomic E-state index is 10.2. The van der Waals surface area contributed by atoms with Crippen molar-refractivity contribution in [2.75, 3.05) is 0 Å². The van der Waals surface area contributed by atoms with Gasteiger partial charge in [0, 0.05) is 12.3 Å². The van der Waals surface area contributed by atoms with E-state index in [1.54, 1.807) is 0 Å². The van der Waals surface area contributed by atoms with Crippen LogP contribution in [-0.4, -0.2) is 9.91 Å². The zero-order valence-corrected chi connectivity index (χ0v) is 6.63. The van der Waals surface area contributed by atoms with Gasteiger partial charge in [0.15, 0.2) is 10.2 Å². The number of halogens is 2. The number of nitrogens with zero attached hydrogens (tertiary/aromatic N) is 2. The minimum Gasteiger partial charge on any atom is -0.258 e. The van der Waals surface area contributed by atoms with E-state index in [1.165, 1.54) is 12.3 Å². The van der Waals surface area contributed by atoms with E-state index in [9.17, 15) is 10.1 Å². The lowest BCUT2D eigenvalue weighted by Gasteiger charge is -1.94. The van der Waals surface area contributed by atoms with Gasteiger partial charge in [-0.15, -0.1) is 0 Å². The van der Waals surface area contributed by atoms with Gasteiger partial charge in [-0.05, 0) is 0 Å². The molecule has 1 aromatic rings. The van der Waals surface area contributed by atoms with Gasteiger partial charge < -0.3 is 0 Å². The first-order valence-corrected chi connectivity index (χ1v) is 3.33. The van der Waals surface area contributed by atoms with Crippen LogP contribution in [0.5, 0.6) is 0 Å². The summed E-state index contributed by atoms with van der Waals surface area (Å²) in [6.45, 7) is 0. The van der Waals surface area contributed by atoms with Gasteiger partial charge in [-0.3, -0.25) is 10.1 Å². The Morgan fingerprint density at radius 3 is 2.64 bits per heavy atom. The zero-order valence-electron chi connectivity index (χ0n) is 5.12. The molecule has 1 rings (SSSR count). The first kappa shape index (κ1) is 8.23. The molecule has 1 heterocycles. The summed E-state index contributed by atoms with van der Waals surface area (Å²) in [4.78, 5) is 13.1. The molecule has 0 saturated heterocycles. The van der Waals surface area contributed by atoms with E-state index in [0.29, 0.717) is 0 Å². The molecule has 0 amide bonds. The largest absolute Gasteiger partial charge is 0.292 e. The molecular weight excluding hydrogens is 191 g/mol. The second kappa shape index (κ2) is 3.02. The minimum absolute atomic E-state index is 0.0548. The third-order valence-corrected chi connectivity index (χ3v) is 1.78. The Balaban J connectivity index is 3.27. The maximum Gasteiger partial charge on any atom is 0.292 e. The second-order valence-electron chi connectivity index (χ2n) is 1.69. The Bertz CT molecular complexity index is 303. The molecule has 0 unspecified atom stereocenters. The molecule has 11 heavy (non-hydrogen) atoms. The van der Waals surface area contributed by atoms with Gasteiger partial charge in [0.1, 0.15) is 0 Å². The highest BCUT2D eigenvalue weighted by Gasteiger charge is 2.14. The number of hydrogen-bond acceptors (Lipinski definition) is 3. The molecule has 0 bridgehead atoms. The summed E-state index contributed by atoms with van der Waals surface area (Å²) in [5, 5.41) is 10.0. The molecule has 6 heteroatoms. The molecule has 0 aliphatic carbocycles. The second-order valence-corrected chi connectivity index (χ2v) is 2.43. The first-order chi connectivity index (χ1) is 5.13. The molecule has 0 radical (unpaired) electrons. The fourth-order valence-corrected chi connectivity index (χ4v) is 0.884. The smallest absolute Gasteiger partial charge is 0.258 e. The Kier molecular flexibility index (Phi) is 2.26. The number of aromatic nitrogens is 1. The van der Waals surface area contributed by atoms with E-state index in [2.05, 4.69) is 4.98 Å². The predicted molar refractivity (Wildman–Crippen MR) is 40.9 cm³/mol. The van der Waals surface area contributed by atoms with Crippen LogP contribution in [0.3, 0.4) is 0 Å². The van der Waals surface area contributed by atoms with Gasteiger partial charge >= 0.3 is 0 Å². The summed E-state index contributed by atoms with van der Waals surface area (Å²) in [5.41, 5.74) is -0.230. The molecule has 0 aliphatic rings. The van der Waals surface area contributed by atoms with Gasteiger partial charge in [0.2, 0.25) is 0 Å². The van der Waals surface area contributed by atoms with Crippen LogP contribution in [0.15, 0.2) is 12.3 Å². The molecule has 0 saturated carbocycles. The molecule has 58 valence electrons. The standard InChI is InChI=1S/C5H2Cl2N2O2/c6-4-3(9(10)11)1-2-8-5(4)7/h1-2H. The Morgan fingerprint density at radius 1 is 1.55 bits per heavy atom. The van der Waals surface area contributed by atoms with Gasteiger partial charge in [0.25, 0.3) is 5.69 Å². The summed E-state index contributed by atoms with van der Waals surface area (Å²) in [6, 6.07) is 1.19. The van der Waals surface area contributed by atoms with E-state index in [-0.39, 0.29) is 15.9 Å². The highest BCUT2D eigenvalue weighted by atomic mass is 35.5. The van der Waals surface area contributed by atoms with Crippen LogP contribution in [0.25, 0.3) is 0 Å². The molecule has 1 aromatic heterocycles. The van der Waals surface area contributed by atoms with E-state index in [0.717, 1.165) is 0 Å². The summed E-state index contributed by atoms with van der Waals surface area (Å²) < 4.78 is 0. The van der Waals surface area contributed by atoms with Crippen LogP contribution in [0.2, 0.25) is 10.2 Å². The van der Waals surface area contributed by atoms with Crippen molar-refractivity contribution < 1.29 is 4.92 Å². The zero-order chi connectivity index (χ0) is 8.43. The molecule has 0 spiro atoms. The highest BCUT2D eigenvalue weighted by Crippen LogP contribution is 2.28. The molecule has 0 N–H and O–H groups in total. The normalized spacial score (nSPS) is 9.64. The number of rotatable bonds is 1. The lowest BCUT2D eigenvalue weighted by molar-refractivity contribution is -0.384. The molecule has 0 atom stereocenters. The summed E-state index contributed by atoms with van der Waals surface area (Å²) >= 11 is 10.9. The van der Waals surface area contributed by atoms with Crippen molar-refractivity contribution in [1.29, 1.82) is 0 Å². The number of nitro groups is 1. The van der Waals surface area contributed by atoms with Gasteiger partial charge in [-0.2, -0.15) is 0 Å². The lowest BCUT2D eigenvalue weighted by Crippen LogP contribution is -1.90. The van der Waals surface area contributed by atoms with E-state index in [1.807, 2.05) is 0 Å². The number of hydrogen-bond donors (Lipinski definition) is 0. The summed E-state index contributed by atoms with van der Waals surface area (Å²) in [7, 11) is 0. The Labute approximate surface area is 71.9 Å². The average Bonchev–Trinajstić information content (AvgIpc) is 1.94. The molecule has 0 fully saturated rings. The van der Waals surface area contributed by atoms with Crippen molar-refractivity contribution in [3.63, 3.8) is 0 Å². The summed E-state index contributed by atoms with van der Waals surface area (Å²) in [5.74, 6) is 0. The highest BCUT2D eigenvalue weighted by molar-refractivity contribution is 6.42. The topological polar surface area (TPSA) is 56.0 Å². The van der Waals surface area contributed by atoms with Crippen LogP contribution >= 0.6 is 23.2 Å². The SMILES string of the molecule is O=[N+]([O-])c1ccnc(Cl)c1Cl. The lowest BCUT2D eigenvalue weighted by atomic mass is 10.4. The van der Waals surface area contributed by atoms with Crippen LogP contribution in [-0.2, 0) is 0 Å². The fraction of sp³-hybridized carbons (Fsp3) is 0. The third-order valence-electron chi connectivity index (χ3n) is 1.02. The molecule has 4 nitrogen and oxygen atoms in total. The van der Waals surface area contributed by atoms with Crippen LogP contribution in [0.4, 0.5) is 5.69 Å². The van der Waals surface area contributed by atoms with Crippen molar-refractivity contribution in [2.45, 2.75) is 0 Å². The fourth-order valence-electron chi connectivity index (χ4n) is 0.550. The molecule has 0 aromatic carbocycles. The number of pyridine rings is 1. The van der Waals surface area contributed by atoms with Crippen LogP contribution in [0.1, 0.15) is 0 Å². The average molecular weight is 193 g/mol. The molecule has 0 aliphatic heterocycles. The van der Waals surface area contributed by atoms with Crippen molar-refractivity contribution in [1.82, 2.24) is 4.98 Å². The van der Waals surface area contributed by atoms with Gasteiger partial charge in [0.05, 0.1) is 4.92 Å². The third kappa shape index (κ3) is 1.58. The van der Waals surface area contributed by atoms with E-state index < -0.39 is 4.92 Å². The van der Waals surface area contributed by atoms with Crippen molar-refractivity contribution in [3.05, 3.63) is 32.6 Å². The van der Waals surface area contributed by atoms with E-state index >= 15 is 0 Å². The minimum atomic E-state index is -0.615. The van der Waals surface area contributed by atoms with Gasteiger partial charge in [-0.1, -0.05) is 23.2 Å². The van der Waals surface area contributed by atoms with Crippen molar-refractivity contribution in [2.24, 2.45) is 0 Å². The quantitative estimate of drug-likeness (QED) is 0.390. The Hall–Kier alpha value is -0.870. The predicted octanol–water partition coefficient (Wildman–Crippen LogP) is 2.30. The van der Waals surface area contributed by atoms with Gasteiger partial charge in [-0.25, -0.2) is 4.98 Å². The van der Waals surface area contributed by atoms with Crippen molar-refractivity contribution in [3.8, 4) is 0 Å². The van der Waals surface area contributed by atoms with Crippen molar-refractivity contribution >= 4 is 28.9 Å². The van der Waals surface area contributed by atoms with Crippen LogP contribution in [0, 0.1) is 10.1 Å². The Morgan fingerprint density at radius 2 is 2.18 bits per heavy atom. The molecular formula is C5H2Cl2N2O2. The van der Waals surface area contributed by atoms with E-state index in [4.69, 9.17) is 23.2 Å². The van der Waals surface area contributed by atoms with Crippen LogP contribution < -0.4 is 0 Å². The maximum absolute atomic E-state index is 10.2. The first-order valence-electron chi connectivity index (χ1n) is 2.57.